The van der Waals surface area contributed by atoms with Crippen molar-refractivity contribution in [3.63, 3.8) is 0 Å². The fourth-order valence-corrected chi connectivity index (χ4v) is 4.55. The first-order chi connectivity index (χ1) is 17.1. The number of fused-ring (bicyclic) bond motifs is 1. The molecule has 2 heterocycles. The Morgan fingerprint density at radius 2 is 1.75 bits per heavy atom. The third kappa shape index (κ3) is 5.24. The number of aromatic nitrogens is 2. The lowest BCUT2D eigenvalue weighted by Crippen LogP contribution is -2.38. The van der Waals surface area contributed by atoms with Crippen molar-refractivity contribution in [2.24, 2.45) is 0 Å². The van der Waals surface area contributed by atoms with E-state index < -0.39 is 30.1 Å². The molecule has 0 aliphatic rings. The maximum Gasteiger partial charge on any atom is 0.416 e. The highest BCUT2D eigenvalue weighted by Crippen LogP contribution is 2.37. The Labute approximate surface area is 206 Å². The molecule has 2 N–H and O–H groups in total. The molecule has 1 atom stereocenters. The molecule has 1 unspecified atom stereocenters. The standard InChI is InChI=1S/C24H21F3N2O6S/c1-33-15-6-3-13(4-7-15)12-35-17-8-5-14(9-18(17)34-2)19-10-16-21(36-19)22(31)28-23(32)29(16)11-20(30)24(25,26)27/h3-10,20,30H,11-12H2,1-2H3,(H,28,31,32). The zero-order chi connectivity index (χ0) is 26.0. The number of rotatable bonds is 8. The number of H-pyrrole nitrogens is 1. The molecule has 12 heteroatoms. The quantitative estimate of drug-likeness (QED) is 0.364. The Morgan fingerprint density at radius 1 is 1.03 bits per heavy atom. The van der Waals surface area contributed by atoms with Gasteiger partial charge in [0.2, 0.25) is 0 Å². The first-order valence-corrected chi connectivity index (χ1v) is 11.4. The number of thiophene rings is 1. The Hall–Kier alpha value is -3.77. The summed E-state index contributed by atoms with van der Waals surface area (Å²) in [6.45, 7) is -0.779. The summed E-state index contributed by atoms with van der Waals surface area (Å²) < 4.78 is 55.8. The van der Waals surface area contributed by atoms with Crippen LogP contribution < -0.4 is 25.5 Å². The fourth-order valence-electron chi connectivity index (χ4n) is 3.50. The maximum atomic E-state index is 12.9. The van der Waals surface area contributed by atoms with E-state index in [1.54, 1.807) is 25.3 Å². The summed E-state index contributed by atoms with van der Waals surface area (Å²) in [6.07, 6.45) is -7.69. The zero-order valence-electron chi connectivity index (χ0n) is 19.1. The molecule has 190 valence electrons. The van der Waals surface area contributed by atoms with Gasteiger partial charge in [-0.15, -0.1) is 11.3 Å². The second kappa shape index (κ2) is 10.1. The van der Waals surface area contributed by atoms with Gasteiger partial charge in [0.25, 0.3) is 5.56 Å². The molecular formula is C24H21F3N2O6S. The topological polar surface area (TPSA) is 103 Å². The summed E-state index contributed by atoms with van der Waals surface area (Å²) in [5.74, 6) is 1.58. The SMILES string of the molecule is COc1ccc(COc2ccc(-c3cc4c(s3)c(=O)[nH]c(=O)n4CC(O)C(F)(F)F)cc2OC)cc1. The highest BCUT2D eigenvalue weighted by molar-refractivity contribution is 7.22. The number of hydrogen-bond donors (Lipinski definition) is 2. The molecule has 0 spiro atoms. The first kappa shape index (κ1) is 25.3. The van der Waals surface area contributed by atoms with Crippen molar-refractivity contribution in [2.45, 2.75) is 25.4 Å². The molecule has 4 aromatic rings. The van der Waals surface area contributed by atoms with Crippen LogP contribution in [0, 0.1) is 0 Å². The molecule has 36 heavy (non-hydrogen) atoms. The summed E-state index contributed by atoms with van der Waals surface area (Å²) in [7, 11) is 3.04. The van der Waals surface area contributed by atoms with Crippen LogP contribution in [0.5, 0.6) is 17.2 Å². The number of aliphatic hydroxyl groups is 1. The smallest absolute Gasteiger partial charge is 0.416 e. The Kier molecular flexibility index (Phi) is 7.09. The molecule has 4 rings (SSSR count). The van der Waals surface area contributed by atoms with Gasteiger partial charge in [-0.3, -0.25) is 14.3 Å². The van der Waals surface area contributed by atoms with Crippen molar-refractivity contribution in [3.05, 3.63) is 74.9 Å². The molecule has 2 aromatic carbocycles. The van der Waals surface area contributed by atoms with Crippen LogP contribution in [0.15, 0.2) is 58.1 Å². The van der Waals surface area contributed by atoms with E-state index in [9.17, 15) is 27.9 Å². The van der Waals surface area contributed by atoms with Crippen LogP contribution in [0.3, 0.4) is 0 Å². The van der Waals surface area contributed by atoms with Crippen LogP contribution in [-0.4, -0.2) is 41.2 Å². The van der Waals surface area contributed by atoms with Crippen molar-refractivity contribution in [1.82, 2.24) is 9.55 Å². The van der Waals surface area contributed by atoms with E-state index in [1.807, 2.05) is 29.2 Å². The van der Waals surface area contributed by atoms with Gasteiger partial charge >= 0.3 is 11.9 Å². The number of alkyl halides is 3. The van der Waals surface area contributed by atoms with E-state index in [0.717, 1.165) is 22.6 Å². The van der Waals surface area contributed by atoms with E-state index in [2.05, 4.69) is 0 Å². The van der Waals surface area contributed by atoms with Crippen LogP contribution in [0.1, 0.15) is 5.56 Å². The number of hydrogen-bond acceptors (Lipinski definition) is 7. The number of nitrogens with one attached hydrogen (secondary N) is 1. The highest BCUT2D eigenvalue weighted by atomic mass is 32.1. The number of benzene rings is 2. The van der Waals surface area contributed by atoms with Gasteiger partial charge in [-0.2, -0.15) is 13.2 Å². The zero-order valence-corrected chi connectivity index (χ0v) is 19.9. The van der Waals surface area contributed by atoms with E-state index in [0.29, 0.717) is 26.5 Å². The largest absolute Gasteiger partial charge is 0.497 e. The van der Waals surface area contributed by atoms with Gasteiger partial charge in [0.05, 0.1) is 26.3 Å². The van der Waals surface area contributed by atoms with Gasteiger partial charge in [-0.25, -0.2) is 4.79 Å². The molecule has 2 aromatic heterocycles. The van der Waals surface area contributed by atoms with Crippen molar-refractivity contribution in [3.8, 4) is 27.7 Å². The van der Waals surface area contributed by atoms with Gasteiger partial charge < -0.3 is 19.3 Å². The fraction of sp³-hybridized carbons (Fsp3) is 0.250. The summed E-state index contributed by atoms with van der Waals surface area (Å²) in [6, 6.07) is 13.8. The second-order valence-corrected chi connectivity index (χ2v) is 8.81. The minimum absolute atomic E-state index is 0.00847. The molecule has 0 bridgehead atoms. The molecule has 0 saturated carbocycles. The van der Waals surface area contributed by atoms with Gasteiger partial charge in [0.15, 0.2) is 17.6 Å². The number of methoxy groups -OCH3 is 2. The van der Waals surface area contributed by atoms with Gasteiger partial charge in [0, 0.05) is 4.88 Å². The van der Waals surface area contributed by atoms with Crippen molar-refractivity contribution < 1.29 is 32.5 Å². The number of aliphatic hydroxyl groups excluding tert-OH is 1. The van der Waals surface area contributed by atoms with Crippen molar-refractivity contribution in [2.75, 3.05) is 14.2 Å². The molecule has 0 aliphatic heterocycles. The lowest BCUT2D eigenvalue weighted by atomic mass is 10.1. The summed E-state index contributed by atoms with van der Waals surface area (Å²) in [5, 5.41) is 9.46. The monoisotopic (exact) mass is 522 g/mol. The predicted octanol–water partition coefficient (Wildman–Crippen LogP) is 3.94. The summed E-state index contributed by atoms with van der Waals surface area (Å²) in [5.41, 5.74) is -0.273. The van der Waals surface area contributed by atoms with Crippen molar-refractivity contribution >= 4 is 21.6 Å². The molecular weight excluding hydrogens is 501 g/mol. The summed E-state index contributed by atoms with van der Waals surface area (Å²) >= 11 is 0.999. The first-order valence-electron chi connectivity index (χ1n) is 10.6. The van der Waals surface area contributed by atoms with Gasteiger partial charge in [0.1, 0.15) is 17.1 Å². The number of aromatic amines is 1. The lowest BCUT2D eigenvalue weighted by Gasteiger charge is -2.16. The van der Waals surface area contributed by atoms with Crippen LogP contribution in [-0.2, 0) is 13.2 Å². The third-order valence-electron chi connectivity index (χ3n) is 5.41. The number of nitrogens with zero attached hydrogens (tertiary/aromatic N) is 1. The molecule has 0 saturated heterocycles. The number of halogens is 3. The maximum absolute atomic E-state index is 12.9. The lowest BCUT2D eigenvalue weighted by molar-refractivity contribution is -0.207. The minimum atomic E-state index is -4.92. The van der Waals surface area contributed by atoms with Gasteiger partial charge in [-0.1, -0.05) is 12.1 Å². The van der Waals surface area contributed by atoms with Gasteiger partial charge in [-0.05, 0) is 47.5 Å². The average molecular weight is 523 g/mol. The molecule has 0 aliphatic carbocycles. The van der Waals surface area contributed by atoms with Crippen LogP contribution >= 0.6 is 11.3 Å². The van der Waals surface area contributed by atoms with E-state index in [4.69, 9.17) is 14.2 Å². The Balaban J connectivity index is 1.65. The predicted molar refractivity (Wildman–Crippen MR) is 128 cm³/mol. The molecule has 8 nitrogen and oxygen atoms in total. The molecule has 0 radical (unpaired) electrons. The van der Waals surface area contributed by atoms with E-state index in [1.165, 1.54) is 13.2 Å². The average Bonchev–Trinajstić information content (AvgIpc) is 3.31. The van der Waals surface area contributed by atoms with Crippen LogP contribution in [0.4, 0.5) is 13.2 Å². The second-order valence-electron chi connectivity index (χ2n) is 7.75. The summed E-state index contributed by atoms with van der Waals surface area (Å²) in [4.78, 5) is 27.1. The normalized spacial score (nSPS) is 12.5. The highest BCUT2D eigenvalue weighted by Gasteiger charge is 2.39. The number of ether oxygens (including phenoxy) is 3. The van der Waals surface area contributed by atoms with E-state index >= 15 is 0 Å². The molecule has 0 fully saturated rings. The van der Waals surface area contributed by atoms with E-state index in [-0.39, 0.29) is 16.8 Å². The third-order valence-corrected chi connectivity index (χ3v) is 6.58. The van der Waals surface area contributed by atoms with Crippen LogP contribution in [0.2, 0.25) is 0 Å². The molecule has 0 amide bonds. The van der Waals surface area contributed by atoms with Crippen LogP contribution in [0.25, 0.3) is 20.7 Å². The van der Waals surface area contributed by atoms with Crippen molar-refractivity contribution in [1.29, 1.82) is 0 Å². The Morgan fingerprint density at radius 3 is 2.39 bits per heavy atom. The minimum Gasteiger partial charge on any atom is -0.497 e. The Bertz CT molecular complexity index is 1490.